The van der Waals surface area contributed by atoms with Crippen molar-refractivity contribution in [1.29, 1.82) is 0 Å². The Bertz CT molecular complexity index is 2830. The Labute approximate surface area is 405 Å². The second-order valence-electron chi connectivity index (χ2n) is 14.5. The number of carbonyl (C=O) groups is 2. The fourth-order valence-electron chi connectivity index (χ4n) is 6.51. The van der Waals surface area contributed by atoms with Gasteiger partial charge in [0.25, 0.3) is 0 Å². The molecule has 14 nitrogen and oxygen atoms in total. The average Bonchev–Trinajstić information content (AvgIpc) is 3.34. The number of carbonyl (C=O) groups excluding carboxylic acids is 2. The summed E-state index contributed by atoms with van der Waals surface area (Å²) in [5, 5.41) is 43.5. The van der Waals surface area contributed by atoms with Gasteiger partial charge in [0, 0.05) is 23.2 Å². The van der Waals surface area contributed by atoms with Gasteiger partial charge in [-0.2, -0.15) is 0 Å². The number of nitrogens with zero attached hydrogens (tertiary/aromatic N) is 8. The Kier molecular flexibility index (Phi) is 17.5. The van der Waals surface area contributed by atoms with Crippen LogP contribution in [-0.2, 0) is 26.0 Å². The number of unbranched alkanes of at least 4 members (excludes halogenated alkanes) is 2. The molecule has 67 heavy (non-hydrogen) atoms. The Hall–Kier alpha value is -7.19. The number of azo groups is 2. The van der Waals surface area contributed by atoms with E-state index in [9.17, 15) is 19.8 Å². The zero-order chi connectivity index (χ0) is 46.4. The molecule has 0 amide bonds. The molecule has 0 N–H and O–H groups in total. The number of rotatable bonds is 14. The maximum Gasteiger partial charge on any atom is 2.00 e. The van der Waals surface area contributed by atoms with E-state index in [-0.39, 0.29) is 38.3 Å². The van der Waals surface area contributed by atoms with Gasteiger partial charge in [0.2, 0.25) is 0 Å². The van der Waals surface area contributed by atoms with E-state index in [0.29, 0.717) is 80.3 Å². The number of benzene rings is 4. The summed E-state index contributed by atoms with van der Waals surface area (Å²) in [5.41, 5.74) is 5.21. The Morgan fingerprint density at radius 3 is 1.31 bits per heavy atom. The number of fused-ring (bicyclic) bond motifs is 2. The van der Waals surface area contributed by atoms with Crippen molar-refractivity contribution in [3.63, 3.8) is 0 Å². The monoisotopic (exact) mass is 976 g/mol. The van der Waals surface area contributed by atoms with Gasteiger partial charge in [0.1, 0.15) is 21.7 Å². The first-order valence-electron chi connectivity index (χ1n) is 20.9. The zero-order valence-corrected chi connectivity index (χ0v) is 38.5. The first-order valence-corrected chi connectivity index (χ1v) is 21.7. The van der Waals surface area contributed by atoms with Crippen LogP contribution >= 0.6 is 23.2 Å². The molecule has 4 aromatic heterocycles. The molecule has 0 spiro atoms. The molecule has 0 aliphatic rings. The van der Waals surface area contributed by atoms with Crippen molar-refractivity contribution in [3.8, 4) is 33.8 Å². The minimum Gasteiger partial charge on any atom is -0.872 e. The van der Waals surface area contributed by atoms with E-state index in [4.69, 9.17) is 32.7 Å². The number of aromatic nitrogens is 4. The Morgan fingerprint density at radius 1 is 0.552 bits per heavy atom. The maximum absolute atomic E-state index is 12.7. The minimum absolute atomic E-state index is 0. The summed E-state index contributed by atoms with van der Waals surface area (Å²) in [4.78, 5) is 41.0. The molecule has 0 saturated carbocycles. The van der Waals surface area contributed by atoms with Gasteiger partial charge in [0.05, 0.1) is 35.4 Å². The topological polar surface area (TPSA) is 200 Å². The van der Waals surface area contributed by atoms with E-state index >= 15 is 0 Å². The van der Waals surface area contributed by atoms with Gasteiger partial charge < -0.3 is 19.7 Å². The van der Waals surface area contributed by atoms with Crippen LogP contribution in [0.15, 0.2) is 154 Å². The van der Waals surface area contributed by atoms with Crippen LogP contribution in [0.5, 0.6) is 11.5 Å². The molecule has 0 atom stereocenters. The third-order valence-electron chi connectivity index (χ3n) is 9.86. The van der Waals surface area contributed by atoms with Crippen LogP contribution in [-0.4, -0.2) is 45.1 Å². The van der Waals surface area contributed by atoms with Crippen LogP contribution in [0.2, 0.25) is 10.3 Å². The van der Waals surface area contributed by atoms with Crippen LogP contribution in [0, 0.1) is 0 Å². The van der Waals surface area contributed by atoms with Crippen molar-refractivity contribution >= 4 is 80.0 Å². The standard InChI is InChI=1S/2C25H21ClN4O3.Ni/c2*1-2-3-13-33-25(32)17-9-12-22(27-15-17)30-29-19-10-11-20(31)23-18(14-21(26)28-24(19)23)16-7-5-4-6-8-16;/h2*4-12,14-15,31H,2-3,13H2,1H3;/q;;+2/p-2. The number of ether oxygens (including phenoxy) is 2. The van der Waals surface area contributed by atoms with Crippen molar-refractivity contribution < 1.29 is 45.8 Å². The molecule has 0 fully saturated rings. The van der Waals surface area contributed by atoms with Gasteiger partial charge in [-0.25, -0.2) is 29.5 Å². The summed E-state index contributed by atoms with van der Waals surface area (Å²) in [6.45, 7) is 4.80. The van der Waals surface area contributed by atoms with E-state index in [1.165, 1.54) is 24.5 Å². The molecule has 0 bridgehead atoms. The molecule has 8 aromatic rings. The number of esters is 2. The Morgan fingerprint density at radius 2 is 0.955 bits per heavy atom. The fraction of sp³-hybridized carbons (Fsp3) is 0.160. The molecule has 17 heteroatoms. The molecule has 0 radical (unpaired) electrons. The maximum atomic E-state index is 12.7. The summed E-state index contributed by atoms with van der Waals surface area (Å²) in [6, 6.07) is 34.5. The fourth-order valence-corrected chi connectivity index (χ4v) is 6.90. The van der Waals surface area contributed by atoms with Crippen LogP contribution in [0.1, 0.15) is 60.2 Å². The van der Waals surface area contributed by atoms with Crippen LogP contribution < -0.4 is 10.2 Å². The van der Waals surface area contributed by atoms with Gasteiger partial charge in [-0.05, 0) is 83.6 Å². The minimum atomic E-state index is -0.427. The smallest absolute Gasteiger partial charge is 0.872 e. The average molecular weight is 979 g/mol. The molecular weight excluding hydrogens is 938 g/mol. The summed E-state index contributed by atoms with van der Waals surface area (Å²) in [7, 11) is 0. The molecular formula is C50H40Cl2N8NiO6. The molecule has 0 saturated heterocycles. The predicted molar refractivity (Wildman–Crippen MR) is 250 cm³/mol. The number of hydrogen-bond acceptors (Lipinski definition) is 14. The second-order valence-corrected chi connectivity index (χ2v) is 15.3. The van der Waals surface area contributed by atoms with E-state index in [1.54, 1.807) is 48.5 Å². The molecule has 340 valence electrons. The summed E-state index contributed by atoms with van der Waals surface area (Å²) in [5.74, 6) is -0.630. The van der Waals surface area contributed by atoms with Crippen LogP contribution in [0.4, 0.5) is 23.0 Å². The molecule has 8 rings (SSSR count). The third-order valence-corrected chi connectivity index (χ3v) is 10.2. The normalized spacial score (nSPS) is 11.0. The van der Waals surface area contributed by atoms with Crippen molar-refractivity contribution in [3.05, 3.63) is 155 Å². The molecule has 0 aliphatic carbocycles. The molecule has 0 aliphatic heterocycles. The van der Waals surface area contributed by atoms with E-state index in [0.717, 1.165) is 36.8 Å². The van der Waals surface area contributed by atoms with Crippen molar-refractivity contribution in [2.45, 2.75) is 39.5 Å². The van der Waals surface area contributed by atoms with E-state index < -0.39 is 11.9 Å². The molecule has 0 unspecified atom stereocenters. The van der Waals surface area contributed by atoms with Gasteiger partial charge >= 0.3 is 28.4 Å². The van der Waals surface area contributed by atoms with Crippen molar-refractivity contribution in [1.82, 2.24) is 19.9 Å². The number of halogens is 2. The summed E-state index contributed by atoms with van der Waals surface area (Å²) >= 11 is 12.5. The number of hydrogen-bond donors (Lipinski definition) is 0. The largest absolute Gasteiger partial charge is 2.00 e. The summed E-state index contributed by atoms with van der Waals surface area (Å²) < 4.78 is 10.3. The Balaban J connectivity index is 0.000000218. The van der Waals surface area contributed by atoms with Crippen molar-refractivity contribution in [2.75, 3.05) is 13.2 Å². The van der Waals surface area contributed by atoms with Crippen LogP contribution in [0.3, 0.4) is 0 Å². The van der Waals surface area contributed by atoms with Crippen LogP contribution in [0.25, 0.3) is 44.1 Å². The molecule has 4 aromatic carbocycles. The van der Waals surface area contributed by atoms with Gasteiger partial charge in [-0.1, -0.05) is 134 Å². The second kappa shape index (κ2) is 23.8. The first kappa shape index (κ1) is 49.3. The summed E-state index contributed by atoms with van der Waals surface area (Å²) in [6.07, 6.45) is 6.30. The first-order chi connectivity index (χ1) is 32.1. The van der Waals surface area contributed by atoms with E-state index in [2.05, 4.69) is 40.4 Å². The quantitative estimate of drug-likeness (QED) is 0.0332. The SMILES string of the molecule is CCCCOC(=O)c1ccc(N=Nc2ccc([O-])c3c(-c4ccccc4)cc(Cl)nc23)nc1.CCCCOC(=O)c1ccc(N=Nc2ccc([O-])c3c(-c4ccccc4)cc(Cl)nc23)nc1.[Ni+2]. The third kappa shape index (κ3) is 12.6. The van der Waals surface area contributed by atoms with E-state index in [1.807, 2.05) is 74.5 Å². The predicted octanol–water partition coefficient (Wildman–Crippen LogP) is 12.8. The van der Waals surface area contributed by atoms with Gasteiger partial charge in [0.15, 0.2) is 11.6 Å². The number of pyridine rings is 4. The zero-order valence-electron chi connectivity index (χ0n) is 36.0. The van der Waals surface area contributed by atoms with Gasteiger partial charge in [-0.3, -0.25) is 0 Å². The molecule has 4 heterocycles. The van der Waals surface area contributed by atoms with Crippen molar-refractivity contribution in [2.24, 2.45) is 20.5 Å². The van der Waals surface area contributed by atoms with Gasteiger partial charge in [-0.15, -0.1) is 20.5 Å².